The van der Waals surface area contributed by atoms with E-state index in [-0.39, 0.29) is 5.91 Å². The summed E-state index contributed by atoms with van der Waals surface area (Å²) in [6.07, 6.45) is 6.14. The molecule has 120 valence electrons. The molecule has 0 saturated carbocycles. The number of anilines is 1. The molecule has 0 aromatic carbocycles. The summed E-state index contributed by atoms with van der Waals surface area (Å²) in [5.41, 5.74) is 0.635. The summed E-state index contributed by atoms with van der Waals surface area (Å²) >= 11 is 0. The minimum absolute atomic E-state index is 0.102. The van der Waals surface area contributed by atoms with Gasteiger partial charge in [-0.05, 0) is 31.4 Å². The summed E-state index contributed by atoms with van der Waals surface area (Å²) in [7, 11) is 0. The summed E-state index contributed by atoms with van der Waals surface area (Å²) in [4.78, 5) is 19.2. The lowest BCUT2D eigenvalue weighted by atomic mass is 10.2. The molecule has 23 heavy (non-hydrogen) atoms. The van der Waals surface area contributed by atoms with Crippen LogP contribution in [0, 0.1) is 0 Å². The SMILES string of the molecule is O=C(NCc1nnc2n1CCC2)c1cccnc1N1CCCC1. The van der Waals surface area contributed by atoms with Crippen molar-refractivity contribution in [1.82, 2.24) is 25.1 Å². The van der Waals surface area contributed by atoms with Crippen LogP contribution < -0.4 is 10.2 Å². The third-order valence-corrected chi connectivity index (χ3v) is 4.53. The Morgan fingerprint density at radius 3 is 2.91 bits per heavy atom. The normalized spacial score (nSPS) is 16.6. The van der Waals surface area contributed by atoms with Crippen molar-refractivity contribution in [3.8, 4) is 0 Å². The van der Waals surface area contributed by atoms with E-state index in [4.69, 9.17) is 0 Å². The fraction of sp³-hybridized carbons (Fsp3) is 0.500. The Morgan fingerprint density at radius 1 is 1.17 bits per heavy atom. The molecule has 0 unspecified atom stereocenters. The van der Waals surface area contributed by atoms with Gasteiger partial charge < -0.3 is 14.8 Å². The molecule has 0 spiro atoms. The Hall–Kier alpha value is -2.44. The zero-order chi connectivity index (χ0) is 15.6. The molecular formula is C16H20N6O. The fourth-order valence-electron chi connectivity index (χ4n) is 3.35. The largest absolute Gasteiger partial charge is 0.356 e. The molecule has 1 fully saturated rings. The molecule has 2 aromatic rings. The van der Waals surface area contributed by atoms with E-state index in [2.05, 4.69) is 30.0 Å². The Morgan fingerprint density at radius 2 is 2.04 bits per heavy atom. The molecular weight excluding hydrogens is 292 g/mol. The molecule has 4 heterocycles. The number of amides is 1. The van der Waals surface area contributed by atoms with Gasteiger partial charge in [-0.15, -0.1) is 10.2 Å². The first-order chi connectivity index (χ1) is 11.3. The van der Waals surface area contributed by atoms with Gasteiger partial charge in [0.1, 0.15) is 11.6 Å². The number of hydrogen-bond acceptors (Lipinski definition) is 5. The minimum Gasteiger partial charge on any atom is -0.356 e. The number of rotatable bonds is 4. The Kier molecular flexibility index (Phi) is 3.69. The highest BCUT2D eigenvalue weighted by atomic mass is 16.1. The van der Waals surface area contributed by atoms with Crippen molar-refractivity contribution < 1.29 is 4.79 Å². The van der Waals surface area contributed by atoms with Crippen LogP contribution in [0.15, 0.2) is 18.3 Å². The van der Waals surface area contributed by atoms with Crippen molar-refractivity contribution in [3.05, 3.63) is 35.5 Å². The van der Waals surface area contributed by atoms with E-state index in [1.807, 2.05) is 12.1 Å². The summed E-state index contributed by atoms with van der Waals surface area (Å²) in [6, 6.07) is 3.65. The smallest absolute Gasteiger partial charge is 0.255 e. The molecule has 2 aliphatic heterocycles. The number of aromatic nitrogens is 4. The lowest BCUT2D eigenvalue weighted by molar-refractivity contribution is 0.0949. The van der Waals surface area contributed by atoms with Gasteiger partial charge in [-0.3, -0.25) is 4.79 Å². The van der Waals surface area contributed by atoms with Gasteiger partial charge in [0, 0.05) is 32.3 Å². The van der Waals surface area contributed by atoms with E-state index < -0.39 is 0 Å². The topological polar surface area (TPSA) is 75.9 Å². The highest BCUT2D eigenvalue weighted by Gasteiger charge is 2.22. The molecule has 4 rings (SSSR count). The summed E-state index contributed by atoms with van der Waals surface area (Å²) in [6.45, 7) is 3.28. The fourth-order valence-corrected chi connectivity index (χ4v) is 3.35. The van der Waals surface area contributed by atoms with Gasteiger partial charge in [0.15, 0.2) is 5.82 Å². The first-order valence-electron chi connectivity index (χ1n) is 8.22. The van der Waals surface area contributed by atoms with Crippen LogP contribution in [-0.4, -0.2) is 38.7 Å². The van der Waals surface area contributed by atoms with Crippen molar-refractivity contribution in [1.29, 1.82) is 0 Å². The molecule has 1 amide bonds. The molecule has 0 atom stereocenters. The lowest BCUT2D eigenvalue weighted by Gasteiger charge is -2.19. The second-order valence-electron chi connectivity index (χ2n) is 6.04. The van der Waals surface area contributed by atoms with Gasteiger partial charge in [-0.25, -0.2) is 4.98 Å². The van der Waals surface area contributed by atoms with E-state index in [1.165, 1.54) is 0 Å². The second kappa shape index (κ2) is 5.98. The number of aryl methyl sites for hydroxylation is 1. The van der Waals surface area contributed by atoms with Gasteiger partial charge >= 0.3 is 0 Å². The lowest BCUT2D eigenvalue weighted by Crippen LogP contribution is -2.28. The number of fused-ring (bicyclic) bond motifs is 1. The Labute approximate surface area is 134 Å². The van der Waals surface area contributed by atoms with Crippen LogP contribution in [0.1, 0.15) is 41.3 Å². The van der Waals surface area contributed by atoms with Crippen molar-refractivity contribution in [2.24, 2.45) is 0 Å². The van der Waals surface area contributed by atoms with E-state index in [1.54, 1.807) is 6.20 Å². The second-order valence-corrected chi connectivity index (χ2v) is 6.04. The Balaban J connectivity index is 1.49. The molecule has 2 aliphatic rings. The van der Waals surface area contributed by atoms with Crippen LogP contribution in [0.5, 0.6) is 0 Å². The quantitative estimate of drug-likeness (QED) is 0.916. The molecule has 1 saturated heterocycles. The molecule has 7 heteroatoms. The first kappa shape index (κ1) is 14.2. The van der Waals surface area contributed by atoms with E-state index in [0.717, 1.165) is 62.8 Å². The number of pyridine rings is 1. The number of nitrogens with one attached hydrogen (secondary N) is 1. The summed E-state index contributed by atoms with van der Waals surface area (Å²) in [5, 5.41) is 11.3. The van der Waals surface area contributed by atoms with E-state index in [9.17, 15) is 4.79 Å². The molecule has 7 nitrogen and oxygen atoms in total. The van der Waals surface area contributed by atoms with Crippen LogP contribution in [0.2, 0.25) is 0 Å². The van der Waals surface area contributed by atoms with Crippen molar-refractivity contribution in [2.45, 2.75) is 38.8 Å². The van der Waals surface area contributed by atoms with Crippen molar-refractivity contribution in [3.63, 3.8) is 0 Å². The van der Waals surface area contributed by atoms with Gasteiger partial charge in [0.2, 0.25) is 0 Å². The van der Waals surface area contributed by atoms with E-state index in [0.29, 0.717) is 12.1 Å². The Bertz CT molecular complexity index is 719. The van der Waals surface area contributed by atoms with Gasteiger partial charge in [-0.1, -0.05) is 0 Å². The molecule has 0 aliphatic carbocycles. The van der Waals surface area contributed by atoms with Gasteiger partial charge in [0.25, 0.3) is 5.91 Å². The predicted molar refractivity (Wildman–Crippen MR) is 85.2 cm³/mol. The van der Waals surface area contributed by atoms with Crippen molar-refractivity contribution in [2.75, 3.05) is 18.0 Å². The van der Waals surface area contributed by atoms with Gasteiger partial charge in [-0.2, -0.15) is 0 Å². The maximum atomic E-state index is 12.6. The highest BCUT2D eigenvalue weighted by molar-refractivity contribution is 5.98. The molecule has 0 bridgehead atoms. The maximum absolute atomic E-state index is 12.6. The van der Waals surface area contributed by atoms with Crippen LogP contribution in [0.4, 0.5) is 5.82 Å². The molecule has 0 radical (unpaired) electrons. The van der Waals surface area contributed by atoms with E-state index >= 15 is 0 Å². The average molecular weight is 312 g/mol. The van der Waals surface area contributed by atoms with Crippen molar-refractivity contribution >= 4 is 11.7 Å². The number of hydrogen-bond donors (Lipinski definition) is 1. The van der Waals surface area contributed by atoms with Crippen LogP contribution in [0.25, 0.3) is 0 Å². The summed E-state index contributed by atoms with van der Waals surface area (Å²) in [5.74, 6) is 2.54. The monoisotopic (exact) mass is 312 g/mol. The maximum Gasteiger partial charge on any atom is 0.255 e. The summed E-state index contributed by atoms with van der Waals surface area (Å²) < 4.78 is 2.10. The van der Waals surface area contributed by atoms with Gasteiger partial charge in [0.05, 0.1) is 12.1 Å². The highest BCUT2D eigenvalue weighted by Crippen LogP contribution is 2.22. The van der Waals surface area contributed by atoms with Crippen LogP contribution in [0.3, 0.4) is 0 Å². The standard InChI is InChI=1S/C16H20N6O/c23-16(18-11-14-20-19-13-6-4-10-22(13)14)12-5-3-7-17-15(12)21-8-1-2-9-21/h3,5,7H,1-2,4,6,8-11H2,(H,18,23). The average Bonchev–Trinajstić information content (AvgIpc) is 3.30. The zero-order valence-corrected chi connectivity index (χ0v) is 13.0. The van der Waals surface area contributed by atoms with Crippen LogP contribution >= 0.6 is 0 Å². The third-order valence-electron chi connectivity index (χ3n) is 4.53. The minimum atomic E-state index is -0.102. The number of carbonyl (C=O) groups excluding carboxylic acids is 1. The number of nitrogens with zero attached hydrogens (tertiary/aromatic N) is 5. The molecule has 1 N–H and O–H groups in total. The third kappa shape index (κ3) is 2.67. The molecule has 2 aromatic heterocycles. The zero-order valence-electron chi connectivity index (χ0n) is 13.0. The predicted octanol–water partition coefficient (Wildman–Crippen LogP) is 1.15. The number of carbonyl (C=O) groups is 1. The first-order valence-corrected chi connectivity index (χ1v) is 8.22. The van der Waals surface area contributed by atoms with Crippen LogP contribution in [-0.2, 0) is 19.5 Å².